The molecule has 2 heterocycles. The van der Waals surface area contributed by atoms with Gasteiger partial charge in [-0.3, -0.25) is 4.18 Å². The van der Waals surface area contributed by atoms with E-state index in [1.165, 1.54) is 10.4 Å². The van der Waals surface area contributed by atoms with Crippen molar-refractivity contribution in [3.05, 3.63) is 65.7 Å². The van der Waals surface area contributed by atoms with E-state index in [0.717, 1.165) is 47.7 Å². The topological polar surface area (TPSA) is 100.0 Å². The van der Waals surface area contributed by atoms with Crippen LogP contribution in [0.3, 0.4) is 0 Å². The smallest absolute Gasteiger partial charge is 0.408 e. The molecule has 0 saturated carbocycles. The van der Waals surface area contributed by atoms with Crippen LogP contribution in [-0.2, 0) is 27.7 Å². The number of aryl methyl sites for hydroxylation is 3. The van der Waals surface area contributed by atoms with Crippen molar-refractivity contribution in [2.24, 2.45) is 10.2 Å². The number of aromatic nitrogens is 2. The first-order chi connectivity index (χ1) is 15.8. The van der Waals surface area contributed by atoms with Gasteiger partial charge in [-0.05, 0) is 43.3 Å². The molecule has 0 radical (unpaired) electrons. The molecule has 4 rings (SSSR count). The number of thiazole rings is 1. The zero-order chi connectivity index (χ0) is 24.0. The second-order valence-corrected chi connectivity index (χ2v) is 9.37. The monoisotopic (exact) mass is 486 g/mol. The van der Waals surface area contributed by atoms with Crippen LogP contribution in [-0.4, -0.2) is 24.6 Å². The van der Waals surface area contributed by atoms with E-state index in [-0.39, 0.29) is 0 Å². The molecule has 0 unspecified atom stereocenters. The van der Waals surface area contributed by atoms with Crippen LogP contribution in [0.2, 0.25) is 0 Å². The van der Waals surface area contributed by atoms with Crippen molar-refractivity contribution >= 4 is 43.5 Å². The van der Waals surface area contributed by atoms with Crippen molar-refractivity contribution < 1.29 is 21.7 Å². The second kappa shape index (κ2) is 10.8. The number of rotatable bonds is 6. The van der Waals surface area contributed by atoms with Gasteiger partial charge >= 0.3 is 5.13 Å². The second-order valence-electron chi connectivity index (χ2n) is 7.01. The van der Waals surface area contributed by atoms with Gasteiger partial charge < -0.3 is 9.12 Å². The number of azo groups is 1. The number of hydrogen-bond donors (Lipinski definition) is 0. The Bertz CT molecular complexity index is 1360. The van der Waals surface area contributed by atoms with Gasteiger partial charge in [-0.15, -0.1) is 0 Å². The van der Waals surface area contributed by atoms with E-state index in [1.807, 2.05) is 6.07 Å². The van der Waals surface area contributed by atoms with Crippen LogP contribution in [0.25, 0.3) is 22.2 Å². The van der Waals surface area contributed by atoms with Crippen LogP contribution >= 0.6 is 11.3 Å². The molecule has 0 aliphatic heterocycles. The van der Waals surface area contributed by atoms with Gasteiger partial charge in [0.05, 0.1) is 30.0 Å². The SMILES string of the molecule is CCn1c(-c2ccccc2)c(N=Nc2sc(C)c[n+]2CC)c2ccccc21.COS(=O)(=O)[O-]. The van der Waals surface area contributed by atoms with E-state index < -0.39 is 10.4 Å². The van der Waals surface area contributed by atoms with Crippen molar-refractivity contribution in [2.75, 3.05) is 7.11 Å². The first-order valence-corrected chi connectivity index (χ1v) is 12.5. The lowest BCUT2D eigenvalue weighted by atomic mass is 10.1. The van der Waals surface area contributed by atoms with Crippen molar-refractivity contribution in [3.8, 4) is 11.3 Å². The molecule has 8 nitrogen and oxygen atoms in total. The first kappa shape index (κ1) is 24.7. The summed E-state index contributed by atoms with van der Waals surface area (Å²) in [4.78, 5) is 1.24. The predicted octanol–water partition coefficient (Wildman–Crippen LogP) is 5.51. The van der Waals surface area contributed by atoms with Crippen LogP contribution < -0.4 is 4.57 Å². The van der Waals surface area contributed by atoms with E-state index >= 15 is 0 Å². The maximum Gasteiger partial charge on any atom is 0.408 e. The molecule has 0 aliphatic rings. The fourth-order valence-corrected chi connectivity index (χ4v) is 4.35. The highest BCUT2D eigenvalue weighted by molar-refractivity contribution is 7.80. The van der Waals surface area contributed by atoms with Crippen LogP contribution in [0.5, 0.6) is 0 Å². The van der Waals surface area contributed by atoms with Gasteiger partial charge in [0, 0.05) is 22.4 Å². The Morgan fingerprint density at radius 2 is 1.70 bits per heavy atom. The minimum Gasteiger partial charge on any atom is -0.726 e. The summed E-state index contributed by atoms with van der Waals surface area (Å²) in [7, 11) is -3.60. The van der Waals surface area contributed by atoms with Crippen LogP contribution in [0.4, 0.5) is 10.8 Å². The molecule has 2 aromatic heterocycles. The number of benzene rings is 2. The minimum atomic E-state index is -4.41. The predicted molar refractivity (Wildman–Crippen MR) is 129 cm³/mol. The third-order valence-corrected chi connectivity index (χ3v) is 6.26. The van der Waals surface area contributed by atoms with Crippen molar-refractivity contribution in [1.29, 1.82) is 0 Å². The summed E-state index contributed by atoms with van der Waals surface area (Å²) in [6.45, 7) is 8.18. The van der Waals surface area contributed by atoms with Gasteiger partial charge in [-0.1, -0.05) is 48.5 Å². The molecule has 0 saturated heterocycles. The molecule has 0 aliphatic carbocycles. The zero-order valence-electron chi connectivity index (χ0n) is 18.9. The summed E-state index contributed by atoms with van der Waals surface area (Å²) in [6.07, 6.45) is 2.13. The van der Waals surface area contributed by atoms with Gasteiger partial charge in [0.15, 0.2) is 0 Å². The summed E-state index contributed by atoms with van der Waals surface area (Å²) in [5, 5.41) is 11.5. The summed E-state index contributed by atoms with van der Waals surface area (Å²) < 4.78 is 35.5. The van der Waals surface area contributed by atoms with Gasteiger partial charge in [0.25, 0.3) is 0 Å². The van der Waals surface area contributed by atoms with E-state index in [0.29, 0.717) is 0 Å². The quantitative estimate of drug-likeness (QED) is 0.155. The Balaban J connectivity index is 0.000000454. The van der Waals surface area contributed by atoms with Gasteiger partial charge in [-0.2, -0.15) is 0 Å². The molecule has 0 amide bonds. The fourth-order valence-electron chi connectivity index (χ4n) is 3.50. The van der Waals surface area contributed by atoms with Gasteiger partial charge in [-0.25, -0.2) is 13.0 Å². The molecule has 174 valence electrons. The van der Waals surface area contributed by atoms with Crippen LogP contribution in [0.15, 0.2) is 71.0 Å². The summed E-state index contributed by atoms with van der Waals surface area (Å²) >= 11 is 1.67. The molecule has 33 heavy (non-hydrogen) atoms. The highest BCUT2D eigenvalue weighted by atomic mass is 32.3. The molecule has 0 atom stereocenters. The van der Waals surface area contributed by atoms with E-state index in [1.54, 1.807) is 11.3 Å². The Hall–Kier alpha value is -2.92. The van der Waals surface area contributed by atoms with E-state index in [9.17, 15) is 13.0 Å². The lowest BCUT2D eigenvalue weighted by Gasteiger charge is -2.08. The normalized spacial score (nSPS) is 11.7. The number of nitrogens with zero attached hydrogens (tertiary/aromatic N) is 4. The molecule has 2 aromatic carbocycles. The fraction of sp³-hybridized carbons (Fsp3) is 0.261. The van der Waals surface area contributed by atoms with Gasteiger partial charge in [0.1, 0.15) is 11.9 Å². The Morgan fingerprint density at radius 3 is 2.30 bits per heavy atom. The average Bonchev–Trinajstić information content (AvgIpc) is 3.34. The number of hydrogen-bond acceptors (Lipinski definition) is 7. The summed E-state index contributed by atoms with van der Waals surface area (Å²) in [5.41, 5.74) is 4.42. The third kappa shape index (κ3) is 5.91. The molecule has 0 fully saturated rings. The molecule has 0 N–H and O–H groups in total. The van der Waals surface area contributed by atoms with E-state index in [2.05, 4.69) is 93.9 Å². The molecule has 0 spiro atoms. The lowest BCUT2D eigenvalue weighted by molar-refractivity contribution is -0.677. The Labute approximate surface area is 197 Å². The number of fused-ring (bicyclic) bond motifs is 1. The maximum absolute atomic E-state index is 9.22. The Kier molecular flexibility index (Phi) is 8.09. The summed E-state index contributed by atoms with van der Waals surface area (Å²) in [6, 6.07) is 18.9. The van der Waals surface area contributed by atoms with E-state index in [4.69, 9.17) is 5.11 Å². The maximum atomic E-state index is 9.22. The van der Waals surface area contributed by atoms with Crippen LogP contribution in [0, 0.1) is 6.92 Å². The van der Waals surface area contributed by atoms with Crippen LogP contribution in [0.1, 0.15) is 18.7 Å². The highest BCUT2D eigenvalue weighted by Crippen LogP contribution is 2.41. The first-order valence-electron chi connectivity index (χ1n) is 10.4. The molecular formula is C23H26N4O4S2. The van der Waals surface area contributed by atoms with Crippen molar-refractivity contribution in [2.45, 2.75) is 33.9 Å². The van der Waals surface area contributed by atoms with Gasteiger partial charge in [0.2, 0.25) is 10.4 Å². The molecule has 10 heteroatoms. The average molecular weight is 487 g/mol. The van der Waals surface area contributed by atoms with Crippen molar-refractivity contribution in [1.82, 2.24) is 4.57 Å². The Morgan fingerprint density at radius 1 is 1.06 bits per heavy atom. The summed E-state index contributed by atoms with van der Waals surface area (Å²) in [5.74, 6) is 0. The number of para-hydroxylation sites is 1. The molecular weight excluding hydrogens is 460 g/mol. The largest absolute Gasteiger partial charge is 0.726 e. The molecule has 0 bridgehead atoms. The van der Waals surface area contributed by atoms with Crippen molar-refractivity contribution in [3.63, 3.8) is 0 Å². The minimum absolute atomic E-state index is 0.808. The highest BCUT2D eigenvalue weighted by Gasteiger charge is 2.20. The standard InChI is InChI=1S/C22H23N4S.CH4O4S/c1-4-25-15-16(3)27-22(25)24-23-20-18-13-9-10-14-19(18)26(5-2)21(20)17-11-7-6-8-12-17;1-5-6(2,3)4/h6-15H,4-5H2,1-3H3;1H3,(H,2,3,4)/q+1;/p-1. The third-order valence-electron chi connectivity index (χ3n) is 4.92. The zero-order valence-corrected chi connectivity index (χ0v) is 20.6. The molecule has 4 aromatic rings. The lowest BCUT2D eigenvalue weighted by Crippen LogP contribution is -2.28.